The number of amides is 1. The third-order valence-corrected chi connectivity index (χ3v) is 3.86. The second-order valence-corrected chi connectivity index (χ2v) is 6.43. The van der Waals surface area contributed by atoms with Crippen molar-refractivity contribution in [2.24, 2.45) is 11.8 Å². The summed E-state index contributed by atoms with van der Waals surface area (Å²) in [6.07, 6.45) is 0.896. The van der Waals surface area contributed by atoms with Crippen LogP contribution < -0.4 is 10.1 Å². The van der Waals surface area contributed by atoms with Crippen LogP contribution in [0.2, 0.25) is 5.02 Å². The van der Waals surface area contributed by atoms with Crippen molar-refractivity contribution < 1.29 is 19.4 Å². The van der Waals surface area contributed by atoms with E-state index in [0.29, 0.717) is 17.9 Å². The Morgan fingerprint density at radius 2 is 2.18 bits per heavy atom. The smallest absolute Gasteiger partial charge is 0.326 e. The third-order valence-electron chi connectivity index (χ3n) is 3.62. The molecule has 0 saturated heterocycles. The van der Waals surface area contributed by atoms with Crippen molar-refractivity contribution in [1.29, 1.82) is 0 Å². The van der Waals surface area contributed by atoms with Crippen molar-refractivity contribution in [3.8, 4) is 5.75 Å². The Morgan fingerprint density at radius 3 is 2.82 bits per heavy atom. The van der Waals surface area contributed by atoms with Crippen molar-refractivity contribution in [2.45, 2.75) is 32.7 Å². The van der Waals surface area contributed by atoms with E-state index in [0.717, 1.165) is 11.3 Å². The van der Waals surface area contributed by atoms with Gasteiger partial charge in [-0.25, -0.2) is 4.79 Å². The highest BCUT2D eigenvalue weighted by Crippen LogP contribution is 2.29. The molecule has 1 aliphatic rings. The lowest BCUT2D eigenvalue weighted by molar-refractivity contribution is -0.143. The molecule has 1 aromatic carbocycles. The zero-order valence-electron chi connectivity index (χ0n) is 12.6. The minimum atomic E-state index is -1.01. The van der Waals surface area contributed by atoms with Gasteiger partial charge in [0.25, 0.3) is 0 Å². The van der Waals surface area contributed by atoms with Gasteiger partial charge in [0.15, 0.2) is 0 Å². The summed E-state index contributed by atoms with van der Waals surface area (Å²) in [5.41, 5.74) is 0.870. The molecule has 1 heterocycles. The van der Waals surface area contributed by atoms with Gasteiger partial charge in [-0.1, -0.05) is 25.4 Å². The lowest BCUT2D eigenvalue weighted by Gasteiger charge is -2.26. The molecule has 120 valence electrons. The van der Waals surface area contributed by atoms with Crippen molar-refractivity contribution in [2.75, 3.05) is 6.61 Å². The first kappa shape index (κ1) is 16.6. The average Bonchev–Trinajstić information content (AvgIpc) is 2.45. The number of carboxylic acids is 1. The van der Waals surface area contributed by atoms with Crippen LogP contribution in [0.15, 0.2) is 18.2 Å². The molecule has 2 rings (SSSR count). The molecule has 0 spiro atoms. The zero-order valence-corrected chi connectivity index (χ0v) is 13.4. The van der Waals surface area contributed by atoms with E-state index in [2.05, 4.69) is 5.32 Å². The van der Waals surface area contributed by atoms with E-state index in [1.807, 2.05) is 13.8 Å². The number of halogens is 1. The van der Waals surface area contributed by atoms with E-state index in [1.54, 1.807) is 18.2 Å². The van der Waals surface area contributed by atoms with Crippen LogP contribution in [0.1, 0.15) is 25.8 Å². The van der Waals surface area contributed by atoms with Gasteiger partial charge in [0.2, 0.25) is 5.91 Å². The van der Waals surface area contributed by atoms with Gasteiger partial charge in [0.05, 0.1) is 5.92 Å². The number of ether oxygens (including phenoxy) is 1. The first-order valence-electron chi connectivity index (χ1n) is 7.31. The van der Waals surface area contributed by atoms with Crippen molar-refractivity contribution in [1.82, 2.24) is 5.32 Å². The Kier molecular flexibility index (Phi) is 5.29. The van der Waals surface area contributed by atoms with Crippen LogP contribution in [-0.4, -0.2) is 29.6 Å². The standard InChI is InChI=1S/C16H20ClNO4/c1-9(2)5-13(16(20)21)18-15(19)11-6-10-7-12(17)3-4-14(10)22-8-11/h3-4,7,9,11,13H,5-6,8H2,1-2H3,(H,18,19)(H,20,21). The second kappa shape index (κ2) is 7.01. The molecule has 0 aromatic heterocycles. The van der Waals surface area contributed by atoms with Crippen molar-refractivity contribution in [3.05, 3.63) is 28.8 Å². The number of aliphatic carboxylic acids is 1. The minimum Gasteiger partial charge on any atom is -0.492 e. The summed E-state index contributed by atoms with van der Waals surface area (Å²) in [7, 11) is 0. The number of hydrogen-bond acceptors (Lipinski definition) is 3. The number of benzene rings is 1. The molecule has 1 amide bonds. The van der Waals surface area contributed by atoms with E-state index < -0.39 is 17.9 Å². The lowest BCUT2D eigenvalue weighted by Crippen LogP contribution is -2.46. The van der Waals surface area contributed by atoms with Gasteiger partial charge in [0, 0.05) is 5.02 Å². The quantitative estimate of drug-likeness (QED) is 0.872. The van der Waals surface area contributed by atoms with Crippen LogP contribution >= 0.6 is 11.6 Å². The predicted octanol–water partition coefficient (Wildman–Crippen LogP) is 2.51. The fraction of sp³-hybridized carbons (Fsp3) is 0.500. The van der Waals surface area contributed by atoms with Gasteiger partial charge in [-0.3, -0.25) is 4.79 Å². The fourth-order valence-electron chi connectivity index (χ4n) is 2.51. The van der Waals surface area contributed by atoms with E-state index in [4.69, 9.17) is 16.3 Å². The highest BCUT2D eigenvalue weighted by atomic mass is 35.5. The lowest BCUT2D eigenvalue weighted by atomic mass is 9.95. The molecule has 2 atom stereocenters. The Balaban J connectivity index is 2.03. The highest BCUT2D eigenvalue weighted by Gasteiger charge is 2.29. The maximum atomic E-state index is 12.3. The average molecular weight is 326 g/mol. The zero-order chi connectivity index (χ0) is 16.3. The maximum absolute atomic E-state index is 12.3. The monoisotopic (exact) mass is 325 g/mol. The number of nitrogens with one attached hydrogen (secondary N) is 1. The molecule has 6 heteroatoms. The molecule has 2 unspecified atom stereocenters. The molecule has 0 bridgehead atoms. The molecule has 2 N–H and O–H groups in total. The van der Waals surface area contributed by atoms with Gasteiger partial charge in [-0.15, -0.1) is 0 Å². The Morgan fingerprint density at radius 1 is 1.45 bits per heavy atom. The molecule has 0 saturated carbocycles. The largest absolute Gasteiger partial charge is 0.492 e. The highest BCUT2D eigenvalue weighted by molar-refractivity contribution is 6.30. The first-order chi connectivity index (χ1) is 10.4. The summed E-state index contributed by atoms with van der Waals surface area (Å²) in [6.45, 7) is 4.09. The van der Waals surface area contributed by atoms with Crippen molar-refractivity contribution >= 4 is 23.5 Å². The van der Waals surface area contributed by atoms with Crippen LogP contribution in [0.4, 0.5) is 0 Å². The number of hydrogen-bond donors (Lipinski definition) is 2. The van der Waals surface area contributed by atoms with Crippen molar-refractivity contribution in [3.63, 3.8) is 0 Å². The summed E-state index contributed by atoms with van der Waals surface area (Å²) in [5.74, 6) is -0.796. The number of fused-ring (bicyclic) bond motifs is 1. The molecule has 0 fully saturated rings. The van der Waals surface area contributed by atoms with Crippen LogP contribution in [-0.2, 0) is 16.0 Å². The van der Waals surface area contributed by atoms with Crippen LogP contribution in [0.3, 0.4) is 0 Å². The SMILES string of the molecule is CC(C)CC(NC(=O)C1COc2ccc(Cl)cc2C1)C(=O)O. The van der Waals surface area contributed by atoms with E-state index in [1.165, 1.54) is 0 Å². The molecule has 22 heavy (non-hydrogen) atoms. The summed E-state index contributed by atoms with van der Waals surface area (Å²) in [5, 5.41) is 12.4. The predicted molar refractivity (Wildman–Crippen MR) is 83.2 cm³/mol. The Bertz CT molecular complexity index is 573. The Hall–Kier alpha value is -1.75. The normalized spacial score (nSPS) is 18.3. The summed E-state index contributed by atoms with van der Waals surface area (Å²) >= 11 is 5.95. The summed E-state index contributed by atoms with van der Waals surface area (Å²) in [6, 6.07) is 4.43. The van der Waals surface area contributed by atoms with Crippen LogP contribution in [0.25, 0.3) is 0 Å². The fourth-order valence-corrected chi connectivity index (χ4v) is 2.71. The van der Waals surface area contributed by atoms with Gasteiger partial charge >= 0.3 is 5.97 Å². The van der Waals surface area contributed by atoms with Gasteiger partial charge in [0.1, 0.15) is 18.4 Å². The topological polar surface area (TPSA) is 75.6 Å². The van der Waals surface area contributed by atoms with Gasteiger partial charge in [-0.05, 0) is 42.5 Å². The second-order valence-electron chi connectivity index (χ2n) is 5.99. The molecule has 0 aliphatic carbocycles. The summed E-state index contributed by atoms with van der Waals surface area (Å²) in [4.78, 5) is 23.5. The number of carboxylic acid groups (broad SMARTS) is 1. The molecule has 0 radical (unpaired) electrons. The minimum absolute atomic E-state index is 0.184. The molecule has 1 aliphatic heterocycles. The Labute approximate surface area is 134 Å². The maximum Gasteiger partial charge on any atom is 0.326 e. The number of rotatable bonds is 5. The van der Waals surface area contributed by atoms with E-state index in [-0.39, 0.29) is 18.4 Å². The van der Waals surface area contributed by atoms with Gasteiger partial charge < -0.3 is 15.2 Å². The van der Waals surface area contributed by atoms with Gasteiger partial charge in [-0.2, -0.15) is 0 Å². The third kappa shape index (κ3) is 4.13. The number of carbonyl (C=O) groups is 2. The van der Waals surface area contributed by atoms with Crippen LogP contribution in [0.5, 0.6) is 5.75 Å². The molecule has 1 aromatic rings. The molecule has 5 nitrogen and oxygen atoms in total. The van der Waals surface area contributed by atoms with E-state index >= 15 is 0 Å². The van der Waals surface area contributed by atoms with Crippen LogP contribution in [0, 0.1) is 11.8 Å². The number of carbonyl (C=O) groups excluding carboxylic acids is 1. The summed E-state index contributed by atoms with van der Waals surface area (Å²) < 4.78 is 5.57. The molecular weight excluding hydrogens is 306 g/mol. The first-order valence-corrected chi connectivity index (χ1v) is 7.69. The van der Waals surface area contributed by atoms with E-state index in [9.17, 15) is 14.7 Å². The molecular formula is C16H20ClNO4.